The van der Waals surface area contributed by atoms with Crippen LogP contribution in [0.3, 0.4) is 0 Å². The monoisotopic (exact) mass is 484 g/mol. The number of aromatic nitrogens is 3. The summed E-state index contributed by atoms with van der Waals surface area (Å²) in [6, 6.07) is 8.40. The second-order valence-corrected chi connectivity index (χ2v) is 9.16. The minimum atomic E-state index is -0.120. The van der Waals surface area contributed by atoms with E-state index in [-0.39, 0.29) is 5.91 Å². The van der Waals surface area contributed by atoms with E-state index < -0.39 is 0 Å². The molecule has 0 spiro atoms. The predicted molar refractivity (Wildman–Crippen MR) is 145 cm³/mol. The van der Waals surface area contributed by atoms with Gasteiger partial charge in [0.1, 0.15) is 17.5 Å². The van der Waals surface area contributed by atoms with Gasteiger partial charge in [0.2, 0.25) is 0 Å². The molecule has 5 rings (SSSR count). The molecule has 0 bridgehead atoms. The van der Waals surface area contributed by atoms with E-state index in [4.69, 9.17) is 9.97 Å². The number of likely N-dealkylation sites (N-methyl/N-ethyl adjacent to an activating group) is 1. The van der Waals surface area contributed by atoms with Crippen LogP contribution >= 0.6 is 0 Å². The maximum atomic E-state index is 12.9. The third-order valence-corrected chi connectivity index (χ3v) is 7.01. The molecule has 2 aliphatic rings. The molecule has 186 valence electrons. The van der Waals surface area contributed by atoms with Crippen LogP contribution in [0.2, 0.25) is 0 Å². The van der Waals surface area contributed by atoms with E-state index in [9.17, 15) is 4.79 Å². The van der Waals surface area contributed by atoms with Crippen LogP contribution in [0.15, 0.2) is 47.7 Å². The molecule has 3 aromatic heterocycles. The van der Waals surface area contributed by atoms with Crippen LogP contribution in [-0.2, 0) is 13.6 Å². The Labute approximate surface area is 211 Å². The molecule has 3 N–H and O–H groups in total. The first-order valence-electron chi connectivity index (χ1n) is 12.3. The molecule has 0 radical (unpaired) electrons. The normalized spacial score (nSPS) is 17.6. The summed E-state index contributed by atoms with van der Waals surface area (Å²) >= 11 is 0. The Morgan fingerprint density at radius 3 is 2.97 bits per heavy atom. The van der Waals surface area contributed by atoms with E-state index in [0.29, 0.717) is 29.7 Å². The number of aliphatic imine (C=N–C) groups is 1. The lowest BCUT2D eigenvalue weighted by atomic mass is 9.97. The van der Waals surface area contributed by atoms with Gasteiger partial charge in [-0.1, -0.05) is 12.1 Å². The number of nitrogens with zero attached hydrogens (tertiary/aromatic N) is 5. The van der Waals surface area contributed by atoms with Crippen LogP contribution in [0.4, 0.5) is 23.1 Å². The largest absolute Gasteiger partial charge is 0.355 e. The van der Waals surface area contributed by atoms with Crippen LogP contribution in [0.25, 0.3) is 5.57 Å². The van der Waals surface area contributed by atoms with Crippen molar-refractivity contribution in [1.82, 2.24) is 25.2 Å². The number of fused-ring (bicyclic) bond motifs is 1. The first-order valence-corrected chi connectivity index (χ1v) is 12.3. The van der Waals surface area contributed by atoms with Crippen molar-refractivity contribution in [2.24, 2.45) is 12.0 Å². The molecule has 0 saturated carbocycles. The zero-order valence-electron chi connectivity index (χ0n) is 21.0. The molecule has 36 heavy (non-hydrogen) atoms. The van der Waals surface area contributed by atoms with Crippen molar-refractivity contribution >= 4 is 41.3 Å². The Morgan fingerprint density at radius 2 is 2.19 bits per heavy atom. The zero-order valence-corrected chi connectivity index (χ0v) is 21.0. The molecule has 0 aromatic carbocycles. The number of hydrogen-bond acceptors (Lipinski definition) is 7. The summed E-state index contributed by atoms with van der Waals surface area (Å²) in [6.07, 6.45) is 7.97. The zero-order chi connectivity index (χ0) is 25.2. The number of pyridine rings is 2. The van der Waals surface area contributed by atoms with Crippen LogP contribution in [-0.4, -0.2) is 53.3 Å². The lowest BCUT2D eigenvalue weighted by Crippen LogP contribution is -2.44. The highest BCUT2D eigenvalue weighted by Crippen LogP contribution is 2.37. The van der Waals surface area contributed by atoms with Crippen molar-refractivity contribution in [2.75, 3.05) is 30.4 Å². The molecule has 0 aliphatic carbocycles. The summed E-state index contributed by atoms with van der Waals surface area (Å²) in [5.74, 6) is 2.25. The number of amides is 1. The van der Waals surface area contributed by atoms with Gasteiger partial charge in [-0.2, -0.15) is 0 Å². The number of carbonyl (C=O) groups excluding carboxylic acids is 1. The minimum absolute atomic E-state index is 0.120. The number of hydrogen-bond donors (Lipinski definition) is 3. The van der Waals surface area contributed by atoms with Gasteiger partial charge in [-0.05, 0) is 51.7 Å². The van der Waals surface area contributed by atoms with Crippen LogP contribution in [0.1, 0.15) is 46.9 Å². The summed E-state index contributed by atoms with van der Waals surface area (Å²) in [7, 11) is 3.94. The Hall–Kier alpha value is -3.98. The number of aryl methyl sites for hydroxylation is 1. The highest BCUT2D eigenvalue weighted by atomic mass is 16.1. The van der Waals surface area contributed by atoms with Crippen molar-refractivity contribution in [3.05, 3.63) is 65.1 Å². The number of anilines is 3. The number of piperidine rings is 1. The van der Waals surface area contributed by atoms with Gasteiger partial charge in [0.25, 0.3) is 5.91 Å². The second-order valence-electron chi connectivity index (χ2n) is 9.16. The molecule has 5 heterocycles. The van der Waals surface area contributed by atoms with Gasteiger partial charge in [0.15, 0.2) is 0 Å². The SMILES string of the molecule is C=Nc1c(/C(=C\C)c2ncc(Nc3cccc(N4CCC[C@@H](NC)C4)n3)c3c2CNC3=O)ccn1C. The molecule has 9 nitrogen and oxygen atoms in total. The fraction of sp³-hybridized carbons (Fsp3) is 0.333. The Kier molecular flexibility index (Phi) is 6.56. The topological polar surface area (TPSA) is 99.5 Å². The molecular formula is C27H32N8O. The van der Waals surface area contributed by atoms with Gasteiger partial charge in [-0.15, -0.1) is 0 Å². The summed E-state index contributed by atoms with van der Waals surface area (Å²) < 4.78 is 1.92. The van der Waals surface area contributed by atoms with E-state index in [1.54, 1.807) is 6.20 Å². The van der Waals surface area contributed by atoms with Crippen LogP contribution in [0.5, 0.6) is 0 Å². The van der Waals surface area contributed by atoms with Crippen molar-refractivity contribution in [3.63, 3.8) is 0 Å². The van der Waals surface area contributed by atoms with E-state index in [0.717, 1.165) is 53.5 Å². The average molecular weight is 485 g/mol. The van der Waals surface area contributed by atoms with E-state index in [1.165, 1.54) is 6.42 Å². The number of carbonyl (C=O) groups is 1. The first-order chi connectivity index (χ1) is 17.5. The summed E-state index contributed by atoms with van der Waals surface area (Å²) in [5, 5.41) is 9.71. The molecular weight excluding hydrogens is 452 g/mol. The lowest BCUT2D eigenvalue weighted by Gasteiger charge is -2.33. The molecule has 2 aliphatic heterocycles. The first kappa shape index (κ1) is 23.7. The number of nitrogens with one attached hydrogen (secondary N) is 3. The Bertz CT molecular complexity index is 1340. The Balaban J connectivity index is 1.48. The lowest BCUT2D eigenvalue weighted by molar-refractivity contribution is 0.0966. The highest BCUT2D eigenvalue weighted by molar-refractivity contribution is 6.05. The summed E-state index contributed by atoms with van der Waals surface area (Å²) in [4.78, 5) is 29.1. The van der Waals surface area contributed by atoms with Gasteiger partial charge in [0, 0.05) is 55.6 Å². The van der Waals surface area contributed by atoms with Gasteiger partial charge in [0.05, 0.1) is 23.1 Å². The molecule has 1 fully saturated rings. The van der Waals surface area contributed by atoms with Crippen LogP contribution < -0.4 is 20.9 Å². The summed E-state index contributed by atoms with van der Waals surface area (Å²) in [5.41, 5.74) is 4.72. The fourth-order valence-electron chi connectivity index (χ4n) is 5.14. The van der Waals surface area contributed by atoms with Crippen LogP contribution in [0, 0.1) is 0 Å². The quantitative estimate of drug-likeness (QED) is 0.442. The minimum Gasteiger partial charge on any atom is -0.355 e. The Morgan fingerprint density at radius 1 is 1.33 bits per heavy atom. The fourth-order valence-corrected chi connectivity index (χ4v) is 5.14. The third-order valence-electron chi connectivity index (χ3n) is 7.01. The number of rotatable bonds is 7. The second kappa shape index (κ2) is 9.94. The molecule has 1 saturated heterocycles. The standard InChI is InChI=1S/C27H32N8O/c1-5-18(19-11-13-34(4)26(19)29-3)25-20-14-31-27(36)24(20)21(15-30-25)32-22-9-6-10-23(33-22)35-12-7-8-17(16-35)28-2/h5-6,9-11,13,15,17,28H,3,7-8,12,14,16H2,1-2,4H3,(H,31,36)(H,32,33)/b18-5+/t17-/m1/s1. The number of allylic oxidation sites excluding steroid dienone is 1. The molecule has 3 aromatic rings. The molecule has 1 amide bonds. The van der Waals surface area contributed by atoms with Gasteiger partial charge >= 0.3 is 0 Å². The van der Waals surface area contributed by atoms with E-state index in [1.807, 2.05) is 62.1 Å². The van der Waals surface area contributed by atoms with E-state index in [2.05, 4.69) is 32.6 Å². The molecule has 9 heteroatoms. The van der Waals surface area contributed by atoms with Crippen molar-refractivity contribution in [3.8, 4) is 0 Å². The highest BCUT2D eigenvalue weighted by Gasteiger charge is 2.29. The average Bonchev–Trinajstić information content (AvgIpc) is 3.48. The van der Waals surface area contributed by atoms with Gasteiger partial charge < -0.3 is 25.4 Å². The maximum absolute atomic E-state index is 12.9. The summed E-state index contributed by atoms with van der Waals surface area (Å²) in [6.45, 7) is 8.01. The molecule has 0 unspecified atom stereocenters. The third kappa shape index (κ3) is 4.26. The van der Waals surface area contributed by atoms with Crippen molar-refractivity contribution < 1.29 is 4.79 Å². The van der Waals surface area contributed by atoms with Gasteiger partial charge in [-0.3, -0.25) is 9.78 Å². The smallest absolute Gasteiger partial charge is 0.254 e. The maximum Gasteiger partial charge on any atom is 0.254 e. The van der Waals surface area contributed by atoms with E-state index >= 15 is 0 Å². The van der Waals surface area contributed by atoms with Crippen molar-refractivity contribution in [2.45, 2.75) is 32.4 Å². The molecule has 1 atom stereocenters. The van der Waals surface area contributed by atoms with Gasteiger partial charge in [-0.25, -0.2) is 9.98 Å². The predicted octanol–water partition coefficient (Wildman–Crippen LogP) is 3.77. The van der Waals surface area contributed by atoms with Crippen molar-refractivity contribution in [1.29, 1.82) is 0 Å².